The molecule has 6 aromatic carbocycles. The Labute approximate surface area is 282 Å². The van der Waals surface area contributed by atoms with E-state index in [1.165, 1.54) is 0 Å². The third kappa shape index (κ3) is 6.13. The molecule has 7 rings (SSSR count). The van der Waals surface area contributed by atoms with Crippen molar-refractivity contribution in [3.05, 3.63) is 228 Å². The summed E-state index contributed by atoms with van der Waals surface area (Å²) in [4.78, 5) is 29.9. The highest BCUT2D eigenvalue weighted by Crippen LogP contribution is 2.53. The molecule has 232 valence electrons. The lowest BCUT2D eigenvalue weighted by Crippen LogP contribution is -2.43. The van der Waals surface area contributed by atoms with E-state index in [0.29, 0.717) is 17.5 Å². The van der Waals surface area contributed by atoms with E-state index in [-0.39, 0.29) is 11.6 Å². The van der Waals surface area contributed by atoms with Crippen LogP contribution in [0.5, 0.6) is 0 Å². The van der Waals surface area contributed by atoms with E-state index >= 15 is 4.79 Å². The largest absolute Gasteiger partial charge is 0.293 e. The predicted octanol–water partition coefficient (Wildman–Crippen LogP) is 10.7. The second-order valence-electron chi connectivity index (χ2n) is 12.4. The first kappa shape index (κ1) is 30.8. The minimum absolute atomic E-state index is 0.0249. The molecule has 0 radical (unpaired) electrons. The molecule has 0 bridgehead atoms. The lowest BCUT2D eigenvalue weighted by Gasteiger charge is -2.45. The molecule has 3 atom stereocenters. The van der Waals surface area contributed by atoms with Gasteiger partial charge in [-0.2, -0.15) is 0 Å². The van der Waals surface area contributed by atoms with E-state index in [1.807, 2.05) is 146 Å². The molecule has 0 amide bonds. The Morgan fingerprint density at radius 1 is 0.521 bits per heavy atom. The summed E-state index contributed by atoms with van der Waals surface area (Å²) >= 11 is 0. The van der Waals surface area contributed by atoms with E-state index in [0.717, 1.165) is 33.4 Å². The normalized spacial score (nSPS) is 17.9. The molecule has 3 unspecified atom stereocenters. The fourth-order valence-corrected chi connectivity index (χ4v) is 7.23. The fraction of sp³-hybridized carbons (Fsp3) is 0.0870. The van der Waals surface area contributed by atoms with E-state index in [4.69, 9.17) is 0 Å². The quantitative estimate of drug-likeness (QED) is 0.143. The summed E-state index contributed by atoms with van der Waals surface area (Å²) in [6.07, 6.45) is 4.86. The summed E-state index contributed by atoms with van der Waals surface area (Å²) < 4.78 is 0. The molecule has 0 saturated carbocycles. The van der Waals surface area contributed by atoms with Crippen molar-refractivity contribution >= 4 is 22.7 Å². The number of ketones is 2. The van der Waals surface area contributed by atoms with Gasteiger partial charge in [0.15, 0.2) is 11.6 Å². The van der Waals surface area contributed by atoms with Crippen molar-refractivity contribution in [2.75, 3.05) is 0 Å². The third-order valence-electron chi connectivity index (χ3n) is 9.51. The Hall–Kier alpha value is -5.86. The van der Waals surface area contributed by atoms with Crippen LogP contribution in [-0.4, -0.2) is 11.6 Å². The Kier molecular flexibility index (Phi) is 8.89. The maximum atomic E-state index is 15.2. The minimum Gasteiger partial charge on any atom is -0.293 e. The fourth-order valence-electron chi connectivity index (χ4n) is 7.23. The molecule has 0 aromatic heterocycles. The van der Waals surface area contributed by atoms with Gasteiger partial charge in [0.25, 0.3) is 0 Å². The average Bonchev–Trinajstić information content (AvgIpc) is 3.18. The van der Waals surface area contributed by atoms with Crippen molar-refractivity contribution in [2.45, 2.75) is 17.8 Å². The van der Waals surface area contributed by atoms with Crippen molar-refractivity contribution in [1.82, 2.24) is 0 Å². The molecule has 0 spiro atoms. The zero-order valence-electron chi connectivity index (χ0n) is 26.7. The smallest absolute Gasteiger partial charge is 0.171 e. The Morgan fingerprint density at radius 2 is 0.979 bits per heavy atom. The molecule has 0 saturated heterocycles. The maximum absolute atomic E-state index is 15.2. The van der Waals surface area contributed by atoms with Crippen LogP contribution in [0.2, 0.25) is 0 Å². The third-order valence-corrected chi connectivity index (χ3v) is 9.51. The summed E-state index contributed by atoms with van der Waals surface area (Å²) in [5.74, 6) is -1.08. The van der Waals surface area contributed by atoms with Gasteiger partial charge in [-0.1, -0.05) is 194 Å². The van der Waals surface area contributed by atoms with Gasteiger partial charge in [0.05, 0.1) is 5.92 Å². The molecular weight excluding hydrogens is 585 g/mol. The van der Waals surface area contributed by atoms with Crippen molar-refractivity contribution in [2.24, 2.45) is 5.92 Å². The van der Waals surface area contributed by atoms with E-state index < -0.39 is 17.3 Å². The van der Waals surface area contributed by atoms with Crippen LogP contribution in [0.25, 0.3) is 11.1 Å². The van der Waals surface area contributed by atoms with Crippen LogP contribution >= 0.6 is 0 Å². The predicted molar refractivity (Wildman–Crippen MR) is 196 cm³/mol. The van der Waals surface area contributed by atoms with Gasteiger partial charge in [0, 0.05) is 22.5 Å². The van der Waals surface area contributed by atoms with Crippen molar-refractivity contribution in [3.63, 3.8) is 0 Å². The SMILES string of the molecule is O=C(c1ccccc1)C(CC1(c2ccccc2)C=C(c2ccccc2)C=C(c2ccccc2)C1C(=O)c1ccccc1)c1ccccc1. The topological polar surface area (TPSA) is 34.1 Å². The minimum atomic E-state index is -0.899. The van der Waals surface area contributed by atoms with Crippen LogP contribution in [0.3, 0.4) is 0 Å². The van der Waals surface area contributed by atoms with Gasteiger partial charge in [-0.25, -0.2) is 0 Å². The number of rotatable bonds is 10. The molecule has 1 aliphatic carbocycles. The summed E-state index contributed by atoms with van der Waals surface area (Å²) in [5.41, 5.74) is 6.33. The van der Waals surface area contributed by atoms with Crippen LogP contribution in [-0.2, 0) is 5.41 Å². The Balaban J connectivity index is 1.54. The summed E-state index contributed by atoms with van der Waals surface area (Å²) in [6, 6.07) is 60.0. The first-order valence-electron chi connectivity index (χ1n) is 16.5. The van der Waals surface area contributed by atoms with Gasteiger partial charge in [0.2, 0.25) is 0 Å². The Morgan fingerprint density at radius 3 is 1.54 bits per heavy atom. The highest BCUT2D eigenvalue weighted by molar-refractivity contribution is 6.09. The van der Waals surface area contributed by atoms with E-state index in [2.05, 4.69) is 48.6 Å². The molecule has 6 aromatic rings. The highest BCUT2D eigenvalue weighted by atomic mass is 16.1. The van der Waals surface area contributed by atoms with Gasteiger partial charge < -0.3 is 0 Å². The molecule has 1 aliphatic rings. The number of hydrogen-bond acceptors (Lipinski definition) is 2. The summed E-state index contributed by atoms with van der Waals surface area (Å²) in [5, 5.41) is 0. The number of hydrogen-bond donors (Lipinski definition) is 0. The van der Waals surface area contributed by atoms with Crippen molar-refractivity contribution < 1.29 is 9.59 Å². The van der Waals surface area contributed by atoms with Gasteiger partial charge >= 0.3 is 0 Å². The van der Waals surface area contributed by atoms with E-state index in [1.54, 1.807) is 0 Å². The first-order valence-corrected chi connectivity index (χ1v) is 16.5. The number of carbonyl (C=O) groups excluding carboxylic acids is 2. The zero-order valence-corrected chi connectivity index (χ0v) is 26.7. The van der Waals surface area contributed by atoms with Gasteiger partial charge in [0.1, 0.15) is 0 Å². The summed E-state index contributed by atoms with van der Waals surface area (Å²) in [7, 11) is 0. The van der Waals surface area contributed by atoms with Crippen LogP contribution in [0.4, 0.5) is 0 Å². The van der Waals surface area contributed by atoms with Crippen LogP contribution < -0.4 is 0 Å². The highest BCUT2D eigenvalue weighted by Gasteiger charge is 2.49. The van der Waals surface area contributed by atoms with Crippen molar-refractivity contribution in [1.29, 1.82) is 0 Å². The number of benzene rings is 6. The average molecular weight is 621 g/mol. The number of carbonyl (C=O) groups is 2. The van der Waals surface area contributed by atoms with Gasteiger partial charge in [-0.05, 0) is 39.8 Å². The van der Waals surface area contributed by atoms with E-state index in [9.17, 15) is 4.79 Å². The molecule has 0 aliphatic heterocycles. The monoisotopic (exact) mass is 620 g/mol. The van der Waals surface area contributed by atoms with Gasteiger partial charge in [-0.3, -0.25) is 9.59 Å². The van der Waals surface area contributed by atoms with Crippen LogP contribution in [0, 0.1) is 5.92 Å². The molecule has 2 heteroatoms. The van der Waals surface area contributed by atoms with Crippen LogP contribution in [0.15, 0.2) is 194 Å². The number of Topliss-reactive ketones (excluding diaryl/α,β-unsaturated/α-hetero) is 2. The molecular formula is C46H36O2. The molecule has 2 nitrogen and oxygen atoms in total. The van der Waals surface area contributed by atoms with Crippen molar-refractivity contribution in [3.8, 4) is 0 Å². The van der Waals surface area contributed by atoms with Crippen LogP contribution in [0.1, 0.15) is 55.3 Å². The second-order valence-corrected chi connectivity index (χ2v) is 12.4. The Bertz CT molecular complexity index is 2050. The maximum Gasteiger partial charge on any atom is 0.171 e. The lowest BCUT2D eigenvalue weighted by atomic mass is 9.56. The first-order chi connectivity index (χ1) is 23.6. The molecule has 0 N–H and O–H groups in total. The van der Waals surface area contributed by atoms with Gasteiger partial charge in [-0.15, -0.1) is 0 Å². The molecule has 0 heterocycles. The zero-order chi connectivity index (χ0) is 32.8. The standard InChI is InChI=1S/C46H36O2/c47-44(37-25-13-4-14-26-37)42(36-23-11-3-12-24-36)33-46(40-29-17-6-18-30-40)32-39(34-19-7-1-8-20-34)31-41(35-21-9-2-10-22-35)43(46)45(48)38-27-15-5-16-28-38/h1-32,42-43H,33H2. The number of allylic oxidation sites excluding steroid dienone is 4. The molecule has 48 heavy (non-hydrogen) atoms. The second kappa shape index (κ2) is 13.9. The molecule has 0 fully saturated rings. The summed E-state index contributed by atoms with van der Waals surface area (Å²) in [6.45, 7) is 0. The lowest BCUT2D eigenvalue weighted by molar-refractivity contribution is 0.0874.